The first-order valence-corrected chi connectivity index (χ1v) is 6.68. The van der Waals surface area contributed by atoms with Crippen molar-refractivity contribution in [2.45, 2.75) is 26.3 Å². The highest BCUT2D eigenvalue weighted by atomic mass is 79.9. The lowest BCUT2D eigenvalue weighted by molar-refractivity contribution is -0.144. The molecule has 1 aromatic rings. The summed E-state index contributed by atoms with van der Waals surface area (Å²) in [6.45, 7) is 4.12. The predicted octanol–water partition coefficient (Wildman–Crippen LogP) is 3.21. The molecule has 0 aromatic heterocycles. The van der Waals surface area contributed by atoms with E-state index < -0.39 is 0 Å². The van der Waals surface area contributed by atoms with Crippen molar-refractivity contribution in [2.24, 2.45) is 0 Å². The molecule has 18 heavy (non-hydrogen) atoms. The van der Waals surface area contributed by atoms with E-state index in [0.29, 0.717) is 13.0 Å². The molecule has 1 rings (SSSR count). The minimum absolute atomic E-state index is 0.234. The molecular formula is C13H18BrNO3. The first-order valence-electron chi connectivity index (χ1n) is 5.89. The lowest BCUT2D eigenvalue weighted by Crippen LogP contribution is -2.30. The lowest BCUT2D eigenvalue weighted by atomic mass is 10.2. The summed E-state index contributed by atoms with van der Waals surface area (Å²) in [7, 11) is 1.60. The second kappa shape index (κ2) is 7.26. The standard InChI is InChI=1S/C13H18BrNO3/c1-4-11(13(16)18-5-2)15-9-6-7-10(14)12(8-9)17-3/h6-8,11,15H,4-5H2,1-3H3. The average Bonchev–Trinajstić information content (AvgIpc) is 2.37. The summed E-state index contributed by atoms with van der Waals surface area (Å²) in [6, 6.07) is 5.26. The van der Waals surface area contributed by atoms with Crippen molar-refractivity contribution < 1.29 is 14.3 Å². The molecule has 0 saturated carbocycles. The van der Waals surface area contributed by atoms with Crippen LogP contribution in [0.3, 0.4) is 0 Å². The molecular weight excluding hydrogens is 298 g/mol. The number of carbonyl (C=O) groups excluding carboxylic acids is 1. The van der Waals surface area contributed by atoms with Gasteiger partial charge in [-0.05, 0) is 41.4 Å². The third kappa shape index (κ3) is 3.91. The summed E-state index contributed by atoms with van der Waals surface area (Å²) >= 11 is 3.38. The van der Waals surface area contributed by atoms with Crippen LogP contribution in [0.15, 0.2) is 22.7 Å². The highest BCUT2D eigenvalue weighted by Gasteiger charge is 2.17. The zero-order valence-corrected chi connectivity index (χ0v) is 12.4. The van der Waals surface area contributed by atoms with Crippen LogP contribution in [0.1, 0.15) is 20.3 Å². The summed E-state index contributed by atoms with van der Waals surface area (Å²) in [4.78, 5) is 11.7. The minimum Gasteiger partial charge on any atom is -0.495 e. The number of rotatable bonds is 6. The molecule has 1 unspecified atom stereocenters. The topological polar surface area (TPSA) is 47.6 Å². The average molecular weight is 316 g/mol. The molecule has 1 N–H and O–H groups in total. The maximum atomic E-state index is 11.7. The van der Waals surface area contributed by atoms with Crippen LogP contribution in [0.4, 0.5) is 5.69 Å². The van der Waals surface area contributed by atoms with E-state index in [-0.39, 0.29) is 12.0 Å². The van der Waals surface area contributed by atoms with Gasteiger partial charge in [0.1, 0.15) is 11.8 Å². The van der Waals surface area contributed by atoms with Gasteiger partial charge in [0, 0.05) is 11.8 Å². The van der Waals surface area contributed by atoms with Gasteiger partial charge < -0.3 is 14.8 Å². The fraction of sp³-hybridized carbons (Fsp3) is 0.462. The smallest absolute Gasteiger partial charge is 0.328 e. The van der Waals surface area contributed by atoms with Crippen LogP contribution >= 0.6 is 15.9 Å². The van der Waals surface area contributed by atoms with Crippen molar-refractivity contribution in [3.8, 4) is 5.75 Å². The number of halogens is 1. The maximum absolute atomic E-state index is 11.7. The molecule has 4 nitrogen and oxygen atoms in total. The zero-order chi connectivity index (χ0) is 13.5. The van der Waals surface area contributed by atoms with Gasteiger partial charge in [0.25, 0.3) is 0 Å². The Morgan fingerprint density at radius 1 is 1.44 bits per heavy atom. The molecule has 100 valence electrons. The highest BCUT2D eigenvalue weighted by Crippen LogP contribution is 2.28. The first kappa shape index (κ1) is 14.8. The second-order valence-electron chi connectivity index (χ2n) is 3.71. The van der Waals surface area contributed by atoms with Crippen LogP contribution in [-0.4, -0.2) is 25.7 Å². The molecule has 0 amide bonds. The predicted molar refractivity (Wildman–Crippen MR) is 75.0 cm³/mol. The van der Waals surface area contributed by atoms with E-state index in [0.717, 1.165) is 15.9 Å². The Morgan fingerprint density at radius 3 is 2.72 bits per heavy atom. The molecule has 0 heterocycles. The zero-order valence-electron chi connectivity index (χ0n) is 10.8. The molecule has 0 bridgehead atoms. The molecule has 0 aliphatic carbocycles. The van der Waals surface area contributed by atoms with E-state index >= 15 is 0 Å². The van der Waals surface area contributed by atoms with Gasteiger partial charge in [0.15, 0.2) is 0 Å². The number of hydrogen-bond donors (Lipinski definition) is 1. The molecule has 0 aliphatic rings. The van der Waals surface area contributed by atoms with Gasteiger partial charge in [-0.3, -0.25) is 0 Å². The van der Waals surface area contributed by atoms with Crippen molar-refractivity contribution in [1.29, 1.82) is 0 Å². The number of ether oxygens (including phenoxy) is 2. The van der Waals surface area contributed by atoms with Gasteiger partial charge in [-0.15, -0.1) is 0 Å². The van der Waals surface area contributed by atoms with Gasteiger partial charge in [-0.25, -0.2) is 4.79 Å². The van der Waals surface area contributed by atoms with Crippen molar-refractivity contribution in [2.75, 3.05) is 19.0 Å². The molecule has 1 aromatic carbocycles. The monoisotopic (exact) mass is 315 g/mol. The van der Waals surface area contributed by atoms with E-state index in [2.05, 4.69) is 21.2 Å². The summed E-state index contributed by atoms with van der Waals surface area (Å²) in [5.74, 6) is 0.487. The summed E-state index contributed by atoms with van der Waals surface area (Å²) in [5.41, 5.74) is 0.829. The van der Waals surface area contributed by atoms with Gasteiger partial charge in [-0.1, -0.05) is 6.92 Å². The van der Waals surface area contributed by atoms with Crippen LogP contribution < -0.4 is 10.1 Å². The number of methoxy groups -OCH3 is 1. The number of esters is 1. The first-order chi connectivity index (χ1) is 8.62. The fourth-order valence-electron chi connectivity index (χ4n) is 1.52. The number of carbonyl (C=O) groups is 1. The molecule has 0 aliphatic heterocycles. The van der Waals surface area contributed by atoms with Crippen LogP contribution in [0.25, 0.3) is 0 Å². The molecule has 0 saturated heterocycles. The Morgan fingerprint density at radius 2 is 2.17 bits per heavy atom. The van der Waals surface area contributed by atoms with E-state index in [1.54, 1.807) is 14.0 Å². The number of hydrogen-bond acceptors (Lipinski definition) is 4. The largest absolute Gasteiger partial charge is 0.495 e. The van der Waals surface area contributed by atoms with Crippen LogP contribution in [0, 0.1) is 0 Å². The maximum Gasteiger partial charge on any atom is 0.328 e. The van der Waals surface area contributed by atoms with E-state index in [1.807, 2.05) is 25.1 Å². The molecule has 1 atom stereocenters. The quantitative estimate of drug-likeness (QED) is 0.819. The van der Waals surface area contributed by atoms with Crippen molar-refractivity contribution in [3.63, 3.8) is 0 Å². The highest BCUT2D eigenvalue weighted by molar-refractivity contribution is 9.10. The van der Waals surface area contributed by atoms with E-state index in [4.69, 9.17) is 9.47 Å². The lowest BCUT2D eigenvalue weighted by Gasteiger charge is -2.17. The SMILES string of the molecule is CCOC(=O)C(CC)Nc1ccc(Br)c(OC)c1. The van der Waals surface area contributed by atoms with Gasteiger partial charge in [-0.2, -0.15) is 0 Å². The van der Waals surface area contributed by atoms with Crippen molar-refractivity contribution in [1.82, 2.24) is 0 Å². The van der Waals surface area contributed by atoms with E-state index in [9.17, 15) is 4.79 Å². The number of benzene rings is 1. The van der Waals surface area contributed by atoms with Crippen molar-refractivity contribution >= 4 is 27.6 Å². The van der Waals surface area contributed by atoms with Crippen LogP contribution in [0.5, 0.6) is 5.75 Å². The van der Waals surface area contributed by atoms with Crippen LogP contribution in [-0.2, 0) is 9.53 Å². The van der Waals surface area contributed by atoms with Crippen molar-refractivity contribution in [3.05, 3.63) is 22.7 Å². The van der Waals surface area contributed by atoms with Gasteiger partial charge in [0.2, 0.25) is 0 Å². The Kier molecular flexibility index (Phi) is 5.98. The fourth-order valence-corrected chi connectivity index (χ4v) is 1.93. The Labute approximate surface area is 116 Å². The second-order valence-corrected chi connectivity index (χ2v) is 4.56. The Balaban J connectivity index is 2.78. The number of anilines is 1. The van der Waals surface area contributed by atoms with Gasteiger partial charge in [0.05, 0.1) is 18.2 Å². The summed E-state index contributed by atoms with van der Waals surface area (Å²) < 4.78 is 11.1. The molecule has 0 radical (unpaired) electrons. The third-order valence-corrected chi connectivity index (χ3v) is 3.13. The summed E-state index contributed by atoms with van der Waals surface area (Å²) in [6.07, 6.45) is 0.664. The Bertz CT molecular complexity index is 409. The van der Waals surface area contributed by atoms with E-state index in [1.165, 1.54) is 0 Å². The van der Waals surface area contributed by atoms with Gasteiger partial charge >= 0.3 is 5.97 Å². The van der Waals surface area contributed by atoms with Crippen LogP contribution in [0.2, 0.25) is 0 Å². The molecule has 5 heteroatoms. The Hall–Kier alpha value is -1.23. The molecule has 0 spiro atoms. The molecule has 0 fully saturated rings. The minimum atomic E-state index is -0.337. The number of nitrogens with one attached hydrogen (secondary N) is 1. The normalized spacial score (nSPS) is 11.8. The summed E-state index contributed by atoms with van der Waals surface area (Å²) in [5, 5.41) is 3.14. The third-order valence-electron chi connectivity index (χ3n) is 2.47.